The Morgan fingerprint density at radius 3 is 2.70 bits per heavy atom. The summed E-state index contributed by atoms with van der Waals surface area (Å²) in [7, 11) is 0. The van der Waals surface area contributed by atoms with E-state index in [0.29, 0.717) is 10.8 Å². The highest BCUT2D eigenvalue weighted by atomic mass is 14.9. The zero-order chi connectivity index (χ0) is 23.6. The number of rotatable bonds is 8. The Balaban J connectivity index is 1.42. The van der Waals surface area contributed by atoms with Crippen molar-refractivity contribution in [2.75, 3.05) is 13.1 Å². The molecule has 0 radical (unpaired) electrons. The summed E-state index contributed by atoms with van der Waals surface area (Å²) < 4.78 is 0. The maximum atomic E-state index is 5.19. The molecule has 1 saturated heterocycles. The second-order valence-electron chi connectivity index (χ2n) is 12.8. The quantitative estimate of drug-likeness (QED) is 0.293. The molecule has 4 aliphatic rings. The van der Waals surface area contributed by atoms with Crippen LogP contribution in [0.1, 0.15) is 105 Å². The summed E-state index contributed by atoms with van der Waals surface area (Å²) in [5.41, 5.74) is 4.04. The molecule has 1 aliphatic heterocycles. The lowest BCUT2D eigenvalue weighted by molar-refractivity contribution is -0.0408. The van der Waals surface area contributed by atoms with Crippen molar-refractivity contribution in [3.63, 3.8) is 0 Å². The van der Waals surface area contributed by atoms with Gasteiger partial charge < -0.3 is 5.32 Å². The topological polar surface area (TPSA) is 24.4 Å². The first kappa shape index (κ1) is 25.2. The second-order valence-corrected chi connectivity index (χ2v) is 12.8. The average Bonchev–Trinajstić information content (AvgIpc) is 3.36. The molecule has 3 saturated carbocycles. The Labute approximate surface area is 205 Å². The van der Waals surface area contributed by atoms with Crippen LogP contribution in [-0.4, -0.2) is 24.8 Å². The fraction of sp³-hybridized carbons (Fsp3) is 0.839. The highest BCUT2D eigenvalue weighted by molar-refractivity contribution is 5.85. The van der Waals surface area contributed by atoms with Crippen molar-refractivity contribution in [2.24, 2.45) is 45.4 Å². The minimum absolute atomic E-state index is 0.389. The number of aliphatic imine (C=N–C) groups is 1. The van der Waals surface area contributed by atoms with Crippen molar-refractivity contribution >= 4 is 5.71 Å². The van der Waals surface area contributed by atoms with Gasteiger partial charge in [-0.15, -0.1) is 0 Å². The average molecular weight is 453 g/mol. The van der Waals surface area contributed by atoms with Gasteiger partial charge in [0.15, 0.2) is 0 Å². The molecule has 0 bridgehead atoms. The van der Waals surface area contributed by atoms with Gasteiger partial charge in [-0.2, -0.15) is 0 Å². The molecule has 4 fully saturated rings. The van der Waals surface area contributed by atoms with E-state index in [2.05, 4.69) is 52.6 Å². The first-order valence-electron chi connectivity index (χ1n) is 14.4. The largest absolute Gasteiger partial charge is 0.314 e. The zero-order valence-corrected chi connectivity index (χ0v) is 22.5. The Morgan fingerprint density at radius 1 is 1.18 bits per heavy atom. The zero-order valence-electron chi connectivity index (χ0n) is 22.5. The molecule has 0 aromatic carbocycles. The summed E-state index contributed by atoms with van der Waals surface area (Å²) in [6.07, 6.45) is 19.3. The fourth-order valence-electron chi connectivity index (χ4n) is 9.24. The summed E-state index contributed by atoms with van der Waals surface area (Å²) in [4.78, 5) is 5.19. The lowest BCUT2D eigenvalue weighted by atomic mass is 9.47. The van der Waals surface area contributed by atoms with Gasteiger partial charge in [-0.3, -0.25) is 4.99 Å². The molecule has 4 rings (SSSR count). The molecule has 8 atom stereocenters. The van der Waals surface area contributed by atoms with Gasteiger partial charge in [-0.1, -0.05) is 58.4 Å². The van der Waals surface area contributed by atoms with Crippen LogP contribution in [-0.2, 0) is 0 Å². The van der Waals surface area contributed by atoms with E-state index < -0.39 is 0 Å². The maximum absolute atomic E-state index is 5.19. The van der Waals surface area contributed by atoms with Crippen LogP contribution in [0, 0.1) is 40.4 Å². The summed E-state index contributed by atoms with van der Waals surface area (Å²) in [5, 5.41) is 3.69. The van der Waals surface area contributed by atoms with Gasteiger partial charge in [-0.05, 0) is 112 Å². The third-order valence-electron chi connectivity index (χ3n) is 10.8. The van der Waals surface area contributed by atoms with Gasteiger partial charge in [0.25, 0.3) is 0 Å². The Bertz CT molecular complexity index is 750. The SMILES string of the molecule is C=C/C=C1/CCC2C(CCC3(C)C(C(C)=NCCCC4CC(C)CN4)CCC23)C1(C)CCC. The second kappa shape index (κ2) is 10.4. The number of nitrogens with zero attached hydrogens (tertiary/aromatic N) is 1. The molecule has 0 aromatic rings. The predicted octanol–water partition coefficient (Wildman–Crippen LogP) is 8.00. The van der Waals surface area contributed by atoms with Crippen molar-refractivity contribution in [3.05, 3.63) is 24.3 Å². The van der Waals surface area contributed by atoms with Gasteiger partial charge in [0, 0.05) is 24.2 Å². The van der Waals surface area contributed by atoms with E-state index >= 15 is 0 Å². The van der Waals surface area contributed by atoms with Crippen LogP contribution < -0.4 is 5.32 Å². The Morgan fingerprint density at radius 2 is 2.00 bits per heavy atom. The number of hydrogen-bond acceptors (Lipinski definition) is 2. The third-order valence-corrected chi connectivity index (χ3v) is 10.8. The first-order chi connectivity index (χ1) is 15.8. The van der Waals surface area contributed by atoms with Gasteiger partial charge in [0.05, 0.1) is 0 Å². The van der Waals surface area contributed by atoms with Crippen molar-refractivity contribution in [1.82, 2.24) is 5.32 Å². The molecule has 2 nitrogen and oxygen atoms in total. The van der Waals surface area contributed by atoms with Crippen LogP contribution >= 0.6 is 0 Å². The van der Waals surface area contributed by atoms with E-state index in [9.17, 15) is 0 Å². The van der Waals surface area contributed by atoms with Crippen LogP contribution in [0.25, 0.3) is 0 Å². The number of nitrogens with one attached hydrogen (secondary N) is 1. The van der Waals surface area contributed by atoms with E-state index in [4.69, 9.17) is 4.99 Å². The monoisotopic (exact) mass is 452 g/mol. The van der Waals surface area contributed by atoms with Gasteiger partial charge in [-0.25, -0.2) is 0 Å². The molecule has 8 unspecified atom stereocenters. The highest BCUT2D eigenvalue weighted by Crippen LogP contribution is 2.66. The van der Waals surface area contributed by atoms with Crippen molar-refractivity contribution < 1.29 is 0 Å². The Kier molecular flexibility index (Phi) is 7.93. The number of fused-ring (bicyclic) bond motifs is 3. The van der Waals surface area contributed by atoms with Gasteiger partial charge >= 0.3 is 0 Å². The van der Waals surface area contributed by atoms with Crippen LogP contribution in [0.5, 0.6) is 0 Å². The van der Waals surface area contributed by atoms with E-state index in [0.717, 1.165) is 42.2 Å². The van der Waals surface area contributed by atoms with Crippen molar-refractivity contribution in [3.8, 4) is 0 Å². The maximum Gasteiger partial charge on any atom is 0.0389 e. The van der Waals surface area contributed by atoms with Crippen LogP contribution in [0.3, 0.4) is 0 Å². The molecule has 0 aromatic heterocycles. The van der Waals surface area contributed by atoms with E-state index in [1.807, 2.05) is 6.08 Å². The van der Waals surface area contributed by atoms with Gasteiger partial charge in [0.1, 0.15) is 0 Å². The van der Waals surface area contributed by atoms with Gasteiger partial charge in [0.2, 0.25) is 0 Å². The van der Waals surface area contributed by atoms with E-state index in [1.54, 1.807) is 5.57 Å². The molecule has 0 amide bonds. The third kappa shape index (κ3) is 4.80. The predicted molar refractivity (Wildman–Crippen MR) is 144 cm³/mol. The molecule has 0 spiro atoms. The molecular weight excluding hydrogens is 400 g/mol. The highest BCUT2D eigenvalue weighted by Gasteiger charge is 2.58. The fourth-order valence-corrected chi connectivity index (χ4v) is 9.24. The summed E-state index contributed by atoms with van der Waals surface area (Å²) in [5.74, 6) is 4.25. The molecule has 1 N–H and O–H groups in total. The summed E-state index contributed by atoms with van der Waals surface area (Å²) in [6, 6.07) is 0.739. The Hall–Kier alpha value is -0.890. The molecule has 3 aliphatic carbocycles. The van der Waals surface area contributed by atoms with E-state index in [1.165, 1.54) is 82.9 Å². The molecule has 186 valence electrons. The van der Waals surface area contributed by atoms with E-state index in [-0.39, 0.29) is 0 Å². The van der Waals surface area contributed by atoms with Crippen molar-refractivity contribution in [2.45, 2.75) is 111 Å². The molecular formula is C31H52N2. The lowest BCUT2D eigenvalue weighted by Gasteiger charge is -2.57. The molecule has 2 heteroatoms. The van der Waals surface area contributed by atoms with Crippen LogP contribution in [0.15, 0.2) is 29.3 Å². The molecule has 1 heterocycles. The number of allylic oxidation sites excluding steroid dienone is 3. The first-order valence-corrected chi connectivity index (χ1v) is 14.4. The molecule has 33 heavy (non-hydrogen) atoms. The van der Waals surface area contributed by atoms with Crippen LogP contribution in [0.4, 0.5) is 0 Å². The standard InChI is InChI=1S/C31H52N2/c1-7-10-24-12-13-26-28-15-14-27(23(4)32-19-9-11-25-20-22(3)21-33-25)31(28,6)18-16-29(26)30(24,5)17-8-2/h7,10,22,25-29,33H,1,8-9,11-21H2,2-6H3/b24-10-,32-23?. The summed E-state index contributed by atoms with van der Waals surface area (Å²) >= 11 is 0. The minimum Gasteiger partial charge on any atom is -0.314 e. The minimum atomic E-state index is 0.389. The smallest absolute Gasteiger partial charge is 0.0389 e. The summed E-state index contributed by atoms with van der Waals surface area (Å²) in [6.45, 7) is 18.7. The van der Waals surface area contributed by atoms with Crippen LogP contribution in [0.2, 0.25) is 0 Å². The lowest BCUT2D eigenvalue weighted by Crippen LogP contribution is -2.50. The van der Waals surface area contributed by atoms with Crippen molar-refractivity contribution in [1.29, 1.82) is 0 Å². The number of hydrogen-bond donors (Lipinski definition) is 1. The normalized spacial score (nSPS) is 44.6.